The van der Waals surface area contributed by atoms with E-state index < -0.39 is 0 Å². The Morgan fingerprint density at radius 3 is 2.95 bits per heavy atom. The van der Waals surface area contributed by atoms with Crippen LogP contribution in [0.5, 0.6) is 0 Å². The summed E-state index contributed by atoms with van der Waals surface area (Å²) in [4.78, 5) is 0. The predicted octanol–water partition coefficient (Wildman–Crippen LogP) is 3.57. The van der Waals surface area contributed by atoms with Gasteiger partial charge in [0.15, 0.2) is 0 Å². The Bertz CT molecular complexity index is 685. The summed E-state index contributed by atoms with van der Waals surface area (Å²) in [7, 11) is 0. The molecule has 0 aliphatic heterocycles. The molecule has 1 aromatic carbocycles. The van der Waals surface area contributed by atoms with E-state index in [1.54, 1.807) is 0 Å². The van der Waals surface area contributed by atoms with E-state index in [-0.39, 0.29) is 6.04 Å². The lowest BCUT2D eigenvalue weighted by molar-refractivity contribution is 0.530. The third-order valence-corrected chi connectivity index (χ3v) is 3.71. The van der Waals surface area contributed by atoms with Crippen LogP contribution >= 0.6 is 0 Å². The predicted molar refractivity (Wildman–Crippen MR) is 79.4 cm³/mol. The third kappa shape index (κ3) is 2.34. The average molecular weight is 269 g/mol. The van der Waals surface area contributed by atoms with Gasteiger partial charge in [0.25, 0.3) is 0 Å². The highest BCUT2D eigenvalue weighted by atomic mass is 16.3. The Morgan fingerprint density at radius 2 is 2.20 bits per heavy atom. The van der Waals surface area contributed by atoms with Crippen LogP contribution in [0.25, 0.3) is 11.0 Å². The van der Waals surface area contributed by atoms with Crippen molar-refractivity contribution >= 4 is 11.0 Å². The van der Waals surface area contributed by atoms with E-state index in [0.29, 0.717) is 0 Å². The van der Waals surface area contributed by atoms with Crippen LogP contribution in [0.2, 0.25) is 0 Å². The zero-order chi connectivity index (χ0) is 13.9. The molecule has 0 amide bonds. The number of aromatic amines is 1. The minimum atomic E-state index is 0.257. The van der Waals surface area contributed by atoms with Gasteiger partial charge in [0, 0.05) is 41.7 Å². The molecule has 3 aromatic rings. The molecule has 2 aromatic heterocycles. The summed E-state index contributed by atoms with van der Waals surface area (Å²) in [6, 6.07) is 8.47. The zero-order valence-corrected chi connectivity index (χ0v) is 11.8. The molecular weight excluding hydrogens is 250 g/mol. The number of benzene rings is 1. The number of rotatable bonds is 5. The number of aryl methyl sites for hydroxylation is 1. The van der Waals surface area contributed by atoms with Crippen LogP contribution in [0.1, 0.15) is 36.8 Å². The van der Waals surface area contributed by atoms with Crippen molar-refractivity contribution in [3.05, 3.63) is 53.5 Å². The van der Waals surface area contributed by atoms with E-state index in [1.165, 1.54) is 10.9 Å². The molecule has 104 valence electrons. The molecule has 20 heavy (non-hydrogen) atoms. The molecule has 2 N–H and O–H groups in total. The second-order valence-corrected chi connectivity index (χ2v) is 4.99. The molecule has 0 bridgehead atoms. The lowest BCUT2D eigenvalue weighted by atomic mass is 10.1. The van der Waals surface area contributed by atoms with Gasteiger partial charge in [-0.2, -0.15) is 5.10 Å². The summed E-state index contributed by atoms with van der Waals surface area (Å²) in [6.07, 6.45) is 4.68. The smallest absolute Gasteiger partial charge is 0.134 e. The van der Waals surface area contributed by atoms with Crippen LogP contribution in [0.4, 0.5) is 0 Å². The van der Waals surface area contributed by atoms with Gasteiger partial charge in [-0.1, -0.05) is 25.1 Å². The molecule has 0 saturated carbocycles. The number of fused-ring (bicyclic) bond motifs is 1. The molecule has 0 radical (unpaired) electrons. The Hall–Kier alpha value is -2.07. The number of hydrogen-bond donors (Lipinski definition) is 2. The quantitative estimate of drug-likeness (QED) is 0.744. The van der Waals surface area contributed by atoms with Gasteiger partial charge >= 0.3 is 0 Å². The second kappa shape index (κ2) is 5.51. The fourth-order valence-corrected chi connectivity index (χ4v) is 2.50. The van der Waals surface area contributed by atoms with Crippen LogP contribution in [0.3, 0.4) is 0 Å². The molecular formula is C16H19N3O. The molecule has 0 aliphatic rings. The molecule has 4 nitrogen and oxygen atoms in total. The number of nitrogens with one attached hydrogen (secondary N) is 2. The number of para-hydroxylation sites is 1. The van der Waals surface area contributed by atoms with Gasteiger partial charge < -0.3 is 9.73 Å². The van der Waals surface area contributed by atoms with E-state index >= 15 is 0 Å². The van der Waals surface area contributed by atoms with Gasteiger partial charge in [-0.25, -0.2) is 0 Å². The van der Waals surface area contributed by atoms with Crippen LogP contribution in [-0.2, 0) is 13.0 Å². The fourth-order valence-electron chi connectivity index (χ4n) is 2.50. The molecule has 1 unspecified atom stereocenters. The number of aromatic nitrogens is 2. The van der Waals surface area contributed by atoms with Gasteiger partial charge in [-0.05, 0) is 13.0 Å². The van der Waals surface area contributed by atoms with E-state index in [4.69, 9.17) is 4.42 Å². The van der Waals surface area contributed by atoms with Crippen molar-refractivity contribution in [2.45, 2.75) is 32.9 Å². The molecule has 0 saturated heterocycles. The summed E-state index contributed by atoms with van der Waals surface area (Å²) in [5, 5.41) is 11.6. The highest BCUT2D eigenvalue weighted by Gasteiger charge is 2.13. The number of hydrogen-bond acceptors (Lipinski definition) is 3. The number of furan rings is 1. The Balaban J connectivity index is 1.83. The normalized spacial score (nSPS) is 12.9. The van der Waals surface area contributed by atoms with E-state index in [1.807, 2.05) is 24.5 Å². The fraction of sp³-hybridized carbons (Fsp3) is 0.312. The van der Waals surface area contributed by atoms with Crippen molar-refractivity contribution in [1.82, 2.24) is 15.5 Å². The monoisotopic (exact) mass is 269 g/mol. The summed E-state index contributed by atoms with van der Waals surface area (Å²) in [5.41, 5.74) is 3.39. The highest BCUT2D eigenvalue weighted by molar-refractivity contribution is 5.82. The second-order valence-electron chi connectivity index (χ2n) is 4.99. The lowest BCUT2D eigenvalue weighted by Gasteiger charge is -2.12. The first-order valence-corrected chi connectivity index (χ1v) is 7.01. The molecule has 1 atom stereocenters. The topological polar surface area (TPSA) is 53.9 Å². The maximum absolute atomic E-state index is 5.91. The number of nitrogens with zero attached hydrogens (tertiary/aromatic N) is 1. The van der Waals surface area contributed by atoms with Crippen molar-refractivity contribution in [3.63, 3.8) is 0 Å². The maximum Gasteiger partial charge on any atom is 0.134 e. The van der Waals surface area contributed by atoms with Crippen molar-refractivity contribution in [3.8, 4) is 0 Å². The Labute approximate surface area is 118 Å². The Morgan fingerprint density at radius 1 is 1.35 bits per heavy atom. The standard InChI is InChI=1S/C16H19N3O/c1-3-15-14(13-6-4-5-7-16(13)20-15)10-17-11(2)12-8-18-19-9-12/h4-9,11,17H,3,10H2,1-2H3,(H,18,19). The highest BCUT2D eigenvalue weighted by Crippen LogP contribution is 2.26. The first kappa shape index (κ1) is 12.9. The van der Waals surface area contributed by atoms with Crippen molar-refractivity contribution < 1.29 is 4.42 Å². The molecule has 0 spiro atoms. The van der Waals surface area contributed by atoms with Crippen LogP contribution in [0, 0.1) is 0 Å². The van der Waals surface area contributed by atoms with E-state index in [9.17, 15) is 0 Å². The van der Waals surface area contributed by atoms with Crippen molar-refractivity contribution in [2.24, 2.45) is 0 Å². The first-order chi connectivity index (χ1) is 9.79. The largest absolute Gasteiger partial charge is 0.461 e. The average Bonchev–Trinajstić information content (AvgIpc) is 3.12. The summed E-state index contributed by atoms with van der Waals surface area (Å²) >= 11 is 0. The van der Waals surface area contributed by atoms with E-state index in [2.05, 4.69) is 41.5 Å². The Kier molecular flexibility index (Phi) is 3.56. The van der Waals surface area contributed by atoms with Gasteiger partial charge in [0.1, 0.15) is 11.3 Å². The van der Waals surface area contributed by atoms with Crippen LogP contribution in [0.15, 0.2) is 41.1 Å². The van der Waals surface area contributed by atoms with Gasteiger partial charge in [-0.3, -0.25) is 5.10 Å². The maximum atomic E-state index is 5.91. The molecule has 4 heteroatoms. The van der Waals surface area contributed by atoms with Crippen LogP contribution in [-0.4, -0.2) is 10.2 Å². The summed E-state index contributed by atoms with van der Waals surface area (Å²) in [6.45, 7) is 5.06. The minimum absolute atomic E-state index is 0.257. The molecule has 0 fully saturated rings. The van der Waals surface area contributed by atoms with Crippen molar-refractivity contribution in [1.29, 1.82) is 0 Å². The minimum Gasteiger partial charge on any atom is -0.461 e. The first-order valence-electron chi connectivity index (χ1n) is 7.01. The molecule has 3 rings (SSSR count). The van der Waals surface area contributed by atoms with Gasteiger partial charge in [0.2, 0.25) is 0 Å². The molecule has 0 aliphatic carbocycles. The lowest BCUT2D eigenvalue weighted by Crippen LogP contribution is -2.18. The van der Waals surface area contributed by atoms with Crippen molar-refractivity contribution in [2.75, 3.05) is 0 Å². The van der Waals surface area contributed by atoms with Crippen LogP contribution < -0.4 is 5.32 Å². The summed E-state index contributed by atoms with van der Waals surface area (Å²) < 4.78 is 5.91. The van der Waals surface area contributed by atoms with Gasteiger partial charge in [-0.15, -0.1) is 0 Å². The summed E-state index contributed by atoms with van der Waals surface area (Å²) in [5.74, 6) is 1.07. The number of H-pyrrole nitrogens is 1. The third-order valence-electron chi connectivity index (χ3n) is 3.71. The zero-order valence-electron chi connectivity index (χ0n) is 11.8. The van der Waals surface area contributed by atoms with Gasteiger partial charge in [0.05, 0.1) is 6.20 Å². The van der Waals surface area contributed by atoms with E-state index in [0.717, 1.165) is 29.9 Å². The molecule has 2 heterocycles. The SMILES string of the molecule is CCc1oc2ccccc2c1CNC(C)c1cn[nH]c1.